The largest absolute Gasteiger partial charge is 1.00 e. The van der Waals surface area contributed by atoms with E-state index >= 15 is 0 Å². The molecule has 0 fully saturated rings. The van der Waals surface area contributed by atoms with E-state index in [0.29, 0.717) is 0 Å². The minimum Gasteiger partial charge on any atom is -1.00 e. The Kier molecular flexibility index (Phi) is 13.0. The predicted molar refractivity (Wildman–Crippen MR) is 175 cm³/mol. The summed E-state index contributed by atoms with van der Waals surface area (Å²) in [5.41, 5.74) is 4.78. The highest BCUT2D eigenvalue weighted by atomic mass is 127. The molecule has 0 atom stereocenters. The van der Waals surface area contributed by atoms with E-state index in [4.69, 9.17) is 4.74 Å². The van der Waals surface area contributed by atoms with Crippen molar-refractivity contribution in [1.82, 2.24) is 0 Å². The number of quaternary nitrogens is 1. The molecule has 1 aliphatic heterocycles. The second-order valence-electron chi connectivity index (χ2n) is 11.4. The summed E-state index contributed by atoms with van der Waals surface area (Å²) in [7, 11) is 8.57. The Morgan fingerprint density at radius 2 is 1.65 bits per heavy atom. The Morgan fingerprint density at radius 3 is 2.33 bits per heavy atom. The molecule has 43 heavy (non-hydrogen) atoms. The smallest absolute Gasteiger partial charge is 0.282 e. The molecular formula is C35H44I2N4OS. The quantitative estimate of drug-likeness (QED) is 0.130. The molecule has 0 amide bonds. The van der Waals surface area contributed by atoms with Crippen molar-refractivity contribution >= 4 is 40.2 Å². The molecule has 0 unspecified atom stereocenters. The maximum absolute atomic E-state index is 5.75. The fourth-order valence-corrected chi connectivity index (χ4v) is 6.61. The summed E-state index contributed by atoms with van der Waals surface area (Å²) in [5, 5.41) is 2.44. The number of pyridine rings is 1. The van der Waals surface area contributed by atoms with Crippen LogP contribution in [-0.4, -0.2) is 58.9 Å². The summed E-state index contributed by atoms with van der Waals surface area (Å²) in [6, 6.07) is 28.3. The van der Waals surface area contributed by atoms with Gasteiger partial charge in [-0.1, -0.05) is 49.0 Å². The van der Waals surface area contributed by atoms with Gasteiger partial charge in [-0.2, -0.15) is 4.57 Å². The monoisotopic (exact) mass is 822 g/mol. The maximum Gasteiger partial charge on any atom is 0.282 e. The SMILES string of the molecule is CCCN(CCC[N+](C)(C)CC)c1cc(C=C2Sc3ccccc3N2C)c2ccc(OC)cc2[n+]1-c1ccccc1.[I-].[I-]. The van der Waals surface area contributed by atoms with Gasteiger partial charge in [0, 0.05) is 35.9 Å². The minimum atomic E-state index is 0. The highest BCUT2D eigenvalue weighted by Gasteiger charge is 2.27. The third-order valence-electron chi connectivity index (χ3n) is 8.20. The Labute approximate surface area is 296 Å². The van der Waals surface area contributed by atoms with E-state index in [1.165, 1.54) is 32.4 Å². The molecule has 0 bridgehead atoms. The zero-order chi connectivity index (χ0) is 29.0. The van der Waals surface area contributed by atoms with E-state index in [-0.39, 0.29) is 48.0 Å². The van der Waals surface area contributed by atoms with Crippen LogP contribution in [0.25, 0.3) is 22.7 Å². The molecule has 0 saturated heterocycles. The predicted octanol–water partition coefficient (Wildman–Crippen LogP) is 1.38. The lowest BCUT2D eigenvalue weighted by molar-refractivity contribution is -0.888. The number of fused-ring (bicyclic) bond motifs is 2. The molecule has 1 aromatic heterocycles. The van der Waals surface area contributed by atoms with Crippen molar-refractivity contribution in [2.75, 3.05) is 64.2 Å². The first-order valence-corrected chi connectivity index (χ1v) is 15.6. The number of para-hydroxylation sites is 2. The average Bonchev–Trinajstić information content (AvgIpc) is 3.31. The molecule has 8 heteroatoms. The van der Waals surface area contributed by atoms with Gasteiger partial charge in [-0.05, 0) is 61.4 Å². The fourth-order valence-electron chi connectivity index (χ4n) is 5.51. The molecule has 4 aromatic rings. The number of aromatic nitrogens is 1. The van der Waals surface area contributed by atoms with Crippen molar-refractivity contribution in [2.24, 2.45) is 0 Å². The van der Waals surface area contributed by atoms with Crippen LogP contribution in [0.1, 0.15) is 32.3 Å². The molecule has 5 rings (SSSR count). The van der Waals surface area contributed by atoms with Crippen LogP contribution < -0.4 is 67.1 Å². The number of nitrogens with zero attached hydrogens (tertiary/aromatic N) is 4. The summed E-state index contributed by atoms with van der Waals surface area (Å²) in [4.78, 5) is 6.19. The summed E-state index contributed by atoms with van der Waals surface area (Å²) < 4.78 is 9.21. The molecule has 0 saturated carbocycles. The molecular weight excluding hydrogens is 778 g/mol. The second-order valence-corrected chi connectivity index (χ2v) is 12.5. The molecule has 0 aliphatic carbocycles. The van der Waals surface area contributed by atoms with E-state index in [1.54, 1.807) is 7.11 Å². The van der Waals surface area contributed by atoms with Crippen LogP contribution in [0, 0.1) is 0 Å². The van der Waals surface area contributed by atoms with Gasteiger partial charge in [0.15, 0.2) is 0 Å². The first-order chi connectivity index (χ1) is 19.8. The highest BCUT2D eigenvalue weighted by Crippen LogP contribution is 2.46. The number of benzene rings is 3. The number of hydrogen-bond acceptors (Lipinski definition) is 4. The van der Waals surface area contributed by atoms with Crippen LogP contribution in [0.15, 0.2) is 88.8 Å². The average molecular weight is 823 g/mol. The minimum absolute atomic E-state index is 0. The Balaban J connectivity index is 0.00000253. The van der Waals surface area contributed by atoms with E-state index in [0.717, 1.165) is 60.5 Å². The highest BCUT2D eigenvalue weighted by molar-refractivity contribution is 8.03. The summed E-state index contributed by atoms with van der Waals surface area (Å²) in [6.45, 7) is 8.85. The molecule has 230 valence electrons. The van der Waals surface area contributed by atoms with Crippen LogP contribution in [0.5, 0.6) is 5.75 Å². The lowest BCUT2D eigenvalue weighted by Gasteiger charge is -2.29. The summed E-state index contributed by atoms with van der Waals surface area (Å²) in [5.74, 6) is 2.08. The molecule has 0 radical (unpaired) electrons. The first-order valence-electron chi connectivity index (χ1n) is 14.8. The molecule has 1 aliphatic rings. The number of anilines is 2. The number of thioether (sulfide) groups is 1. The van der Waals surface area contributed by atoms with Crippen molar-refractivity contribution in [2.45, 2.75) is 31.6 Å². The van der Waals surface area contributed by atoms with Crippen molar-refractivity contribution in [1.29, 1.82) is 0 Å². The van der Waals surface area contributed by atoms with Crippen LogP contribution in [-0.2, 0) is 0 Å². The third-order valence-corrected chi connectivity index (χ3v) is 9.37. The molecule has 0 N–H and O–H groups in total. The summed E-state index contributed by atoms with van der Waals surface area (Å²) >= 11 is 1.84. The van der Waals surface area contributed by atoms with Gasteiger partial charge in [0.25, 0.3) is 5.82 Å². The van der Waals surface area contributed by atoms with Gasteiger partial charge in [-0.15, -0.1) is 0 Å². The van der Waals surface area contributed by atoms with Crippen LogP contribution >= 0.6 is 11.8 Å². The van der Waals surface area contributed by atoms with Crippen molar-refractivity contribution in [3.05, 3.63) is 89.5 Å². The second kappa shape index (κ2) is 15.8. The van der Waals surface area contributed by atoms with Crippen molar-refractivity contribution < 1.29 is 61.7 Å². The lowest BCUT2D eigenvalue weighted by Crippen LogP contribution is -3.00. The van der Waals surface area contributed by atoms with Gasteiger partial charge in [0.2, 0.25) is 0 Å². The number of rotatable bonds is 11. The van der Waals surface area contributed by atoms with Crippen LogP contribution in [0.2, 0.25) is 0 Å². The molecule has 2 heterocycles. The van der Waals surface area contributed by atoms with Crippen molar-refractivity contribution in [3.8, 4) is 11.4 Å². The van der Waals surface area contributed by atoms with E-state index in [9.17, 15) is 0 Å². The Bertz CT molecular complexity index is 1540. The number of methoxy groups -OCH3 is 1. The zero-order valence-electron chi connectivity index (χ0n) is 26.2. The van der Waals surface area contributed by atoms with Gasteiger partial charge >= 0.3 is 0 Å². The molecule has 5 nitrogen and oxygen atoms in total. The number of hydrogen-bond donors (Lipinski definition) is 0. The standard InChI is InChI=1S/C35H44N4OS.2HI/c1-7-21-37(22-14-23-39(4,5)8-2)34-24-27(25-35-36(3)31-17-12-13-18-33(31)41-35)30-20-19-29(40-6)26-32(30)38(34)28-15-10-9-11-16-28;;/h9-13,15-20,24-26H,7-8,14,21-23H2,1-6H3;2*1H/q+2;;/p-2. The van der Waals surface area contributed by atoms with Crippen LogP contribution in [0.3, 0.4) is 0 Å². The van der Waals surface area contributed by atoms with Crippen LogP contribution in [0.4, 0.5) is 11.5 Å². The van der Waals surface area contributed by atoms with E-state index in [1.807, 2.05) is 11.8 Å². The first kappa shape index (κ1) is 35.5. The van der Waals surface area contributed by atoms with Crippen molar-refractivity contribution in [3.63, 3.8) is 0 Å². The maximum atomic E-state index is 5.75. The van der Waals surface area contributed by atoms with Gasteiger partial charge in [-0.3, -0.25) is 4.90 Å². The number of ether oxygens (including phenoxy) is 1. The normalized spacial score (nSPS) is 13.4. The van der Waals surface area contributed by atoms with E-state index < -0.39 is 0 Å². The topological polar surface area (TPSA) is 19.6 Å². The van der Waals surface area contributed by atoms with Gasteiger partial charge in [0.1, 0.15) is 17.0 Å². The van der Waals surface area contributed by atoms with Gasteiger partial charge in [-0.25, -0.2) is 0 Å². The third kappa shape index (κ3) is 7.99. The van der Waals surface area contributed by atoms with Gasteiger partial charge in [0.05, 0.1) is 58.1 Å². The Morgan fingerprint density at radius 1 is 0.930 bits per heavy atom. The number of halogens is 2. The summed E-state index contributed by atoms with van der Waals surface area (Å²) in [6.07, 6.45) is 4.58. The Hall–Kier alpha value is -2.02. The van der Waals surface area contributed by atoms with E-state index in [2.05, 4.69) is 134 Å². The lowest BCUT2D eigenvalue weighted by atomic mass is 10.1. The fraction of sp³-hybridized carbons (Fsp3) is 0.343. The van der Waals surface area contributed by atoms with Gasteiger partial charge < -0.3 is 62.1 Å². The zero-order valence-corrected chi connectivity index (χ0v) is 31.3. The molecule has 0 spiro atoms. The molecule has 3 aromatic carbocycles.